The zero-order valence-corrected chi connectivity index (χ0v) is 11.7. The Bertz CT molecular complexity index is 488. The number of fused-ring (bicyclic) bond motifs is 1. The number of thiazole rings is 1. The number of hydrogen-bond acceptors (Lipinski definition) is 4. The van der Waals surface area contributed by atoms with Gasteiger partial charge in [0.2, 0.25) is 11.8 Å². The number of carbonyl (C=O) groups excluding carboxylic acids is 2. The van der Waals surface area contributed by atoms with Gasteiger partial charge in [0.1, 0.15) is 12.1 Å². The number of carbonyl (C=O) groups is 2. The van der Waals surface area contributed by atoms with Gasteiger partial charge in [-0.2, -0.15) is 0 Å². The zero-order valence-electron chi connectivity index (χ0n) is 10.9. The Hall–Kier alpha value is -1.43. The maximum Gasteiger partial charge on any atom is 0.246 e. The lowest BCUT2D eigenvalue weighted by Gasteiger charge is -2.40. The summed E-state index contributed by atoms with van der Waals surface area (Å²) in [5.74, 6) is 0.211. The number of hydrogen-bond donors (Lipinski definition) is 0. The lowest BCUT2D eigenvalue weighted by atomic mass is 10.1. The van der Waals surface area contributed by atoms with Gasteiger partial charge in [0.25, 0.3) is 0 Å². The summed E-state index contributed by atoms with van der Waals surface area (Å²) in [6, 6.07) is -0.540. The summed E-state index contributed by atoms with van der Waals surface area (Å²) in [5.41, 5.74) is 0. The Kier molecular flexibility index (Phi) is 3.26. The molecule has 2 saturated heterocycles. The van der Waals surface area contributed by atoms with Gasteiger partial charge >= 0.3 is 0 Å². The number of aromatic nitrogens is 1. The van der Waals surface area contributed by atoms with E-state index in [9.17, 15) is 9.59 Å². The summed E-state index contributed by atoms with van der Waals surface area (Å²) in [5, 5.41) is 2.95. The van der Waals surface area contributed by atoms with Gasteiger partial charge in [-0.05, 0) is 19.8 Å². The minimum atomic E-state index is -0.332. The molecule has 0 spiro atoms. The molecule has 3 rings (SSSR count). The van der Waals surface area contributed by atoms with E-state index in [1.165, 1.54) is 0 Å². The summed E-state index contributed by atoms with van der Waals surface area (Å²) in [4.78, 5) is 32.4. The van der Waals surface area contributed by atoms with Gasteiger partial charge < -0.3 is 9.80 Å². The van der Waals surface area contributed by atoms with E-state index < -0.39 is 0 Å². The maximum atomic E-state index is 12.4. The molecule has 2 atom stereocenters. The standard InChI is InChI=1S/C13H17N3O2S/c1-9-12(17)16-6-2-3-10(16)13(18)15(9)7-4-11-14-5-8-19-11/h5,8-10H,2-4,6-7H2,1H3. The van der Waals surface area contributed by atoms with Crippen molar-refractivity contribution in [2.75, 3.05) is 13.1 Å². The molecule has 3 heterocycles. The summed E-state index contributed by atoms with van der Waals surface area (Å²) in [6.07, 6.45) is 4.25. The van der Waals surface area contributed by atoms with E-state index >= 15 is 0 Å². The third kappa shape index (κ3) is 2.14. The highest BCUT2D eigenvalue weighted by Crippen LogP contribution is 2.26. The first kappa shape index (κ1) is 12.6. The molecule has 0 bridgehead atoms. The molecule has 0 saturated carbocycles. The van der Waals surface area contributed by atoms with Crippen LogP contribution in [0, 0.1) is 0 Å². The fourth-order valence-corrected chi connectivity index (χ4v) is 3.55. The average molecular weight is 279 g/mol. The second kappa shape index (κ2) is 4.92. The lowest BCUT2D eigenvalue weighted by Crippen LogP contribution is -2.62. The molecule has 2 fully saturated rings. The molecule has 0 N–H and O–H groups in total. The summed E-state index contributed by atoms with van der Waals surface area (Å²) in [7, 11) is 0. The molecule has 2 aliphatic heterocycles. The first-order chi connectivity index (χ1) is 9.18. The van der Waals surface area contributed by atoms with Gasteiger partial charge in [-0.25, -0.2) is 4.98 Å². The molecule has 5 nitrogen and oxygen atoms in total. The summed E-state index contributed by atoms with van der Waals surface area (Å²) >= 11 is 1.59. The Labute approximate surface area is 116 Å². The first-order valence-corrected chi connectivity index (χ1v) is 7.56. The Morgan fingerprint density at radius 1 is 1.42 bits per heavy atom. The number of piperazine rings is 1. The third-order valence-electron chi connectivity index (χ3n) is 3.98. The van der Waals surface area contributed by atoms with Crippen LogP contribution in [-0.4, -0.2) is 51.8 Å². The van der Waals surface area contributed by atoms with Crippen LogP contribution in [0.5, 0.6) is 0 Å². The van der Waals surface area contributed by atoms with Crippen molar-refractivity contribution in [1.82, 2.24) is 14.8 Å². The van der Waals surface area contributed by atoms with Gasteiger partial charge in [-0.15, -0.1) is 11.3 Å². The van der Waals surface area contributed by atoms with E-state index in [2.05, 4.69) is 4.98 Å². The highest BCUT2D eigenvalue weighted by Gasteiger charge is 2.45. The van der Waals surface area contributed by atoms with Crippen LogP contribution in [0.15, 0.2) is 11.6 Å². The molecule has 0 aliphatic carbocycles. The van der Waals surface area contributed by atoms with Crippen LogP contribution in [0.1, 0.15) is 24.8 Å². The highest BCUT2D eigenvalue weighted by atomic mass is 32.1. The maximum absolute atomic E-state index is 12.4. The van der Waals surface area contributed by atoms with E-state index in [-0.39, 0.29) is 23.9 Å². The van der Waals surface area contributed by atoms with Crippen molar-refractivity contribution >= 4 is 23.2 Å². The topological polar surface area (TPSA) is 53.5 Å². The predicted octanol–water partition coefficient (Wildman–Crippen LogP) is 0.907. The first-order valence-electron chi connectivity index (χ1n) is 6.68. The lowest BCUT2D eigenvalue weighted by molar-refractivity contribution is -0.158. The van der Waals surface area contributed by atoms with E-state index in [1.807, 2.05) is 12.3 Å². The summed E-state index contributed by atoms with van der Waals surface area (Å²) < 4.78 is 0. The van der Waals surface area contributed by atoms with Crippen molar-refractivity contribution in [3.63, 3.8) is 0 Å². The Morgan fingerprint density at radius 2 is 2.26 bits per heavy atom. The van der Waals surface area contributed by atoms with Crippen LogP contribution < -0.4 is 0 Å². The van der Waals surface area contributed by atoms with Gasteiger partial charge in [-0.3, -0.25) is 9.59 Å². The summed E-state index contributed by atoms with van der Waals surface area (Å²) in [6.45, 7) is 3.15. The van der Waals surface area contributed by atoms with Crippen LogP contribution in [0.3, 0.4) is 0 Å². The van der Waals surface area contributed by atoms with E-state index in [0.717, 1.165) is 30.8 Å². The van der Waals surface area contributed by atoms with E-state index in [4.69, 9.17) is 0 Å². The van der Waals surface area contributed by atoms with Crippen molar-refractivity contribution < 1.29 is 9.59 Å². The molecule has 19 heavy (non-hydrogen) atoms. The normalized spacial score (nSPS) is 27.0. The van der Waals surface area contributed by atoms with Crippen molar-refractivity contribution in [1.29, 1.82) is 0 Å². The number of amides is 2. The smallest absolute Gasteiger partial charge is 0.246 e. The minimum Gasteiger partial charge on any atom is -0.329 e. The molecular weight excluding hydrogens is 262 g/mol. The van der Waals surface area contributed by atoms with Gasteiger partial charge in [0, 0.05) is 31.1 Å². The van der Waals surface area contributed by atoms with Crippen LogP contribution in [-0.2, 0) is 16.0 Å². The largest absolute Gasteiger partial charge is 0.329 e. The fourth-order valence-electron chi connectivity index (χ4n) is 2.94. The SMILES string of the molecule is CC1C(=O)N2CCCC2C(=O)N1CCc1nccs1. The molecule has 1 aromatic rings. The molecule has 2 unspecified atom stereocenters. The van der Waals surface area contributed by atoms with E-state index in [0.29, 0.717) is 6.54 Å². The molecule has 0 radical (unpaired) electrons. The van der Waals surface area contributed by atoms with Crippen molar-refractivity contribution in [3.05, 3.63) is 16.6 Å². The van der Waals surface area contributed by atoms with Crippen molar-refractivity contribution in [3.8, 4) is 0 Å². The fraction of sp³-hybridized carbons (Fsp3) is 0.615. The van der Waals surface area contributed by atoms with Crippen LogP contribution in [0.4, 0.5) is 0 Å². The molecular formula is C13H17N3O2S. The third-order valence-corrected chi connectivity index (χ3v) is 4.82. The monoisotopic (exact) mass is 279 g/mol. The van der Waals surface area contributed by atoms with Crippen LogP contribution in [0.25, 0.3) is 0 Å². The average Bonchev–Trinajstić information content (AvgIpc) is 3.07. The second-order valence-corrected chi connectivity index (χ2v) is 6.05. The second-order valence-electron chi connectivity index (χ2n) is 5.07. The van der Waals surface area contributed by atoms with Crippen molar-refractivity contribution in [2.24, 2.45) is 0 Å². The molecule has 2 amide bonds. The van der Waals surface area contributed by atoms with Crippen LogP contribution in [0.2, 0.25) is 0 Å². The predicted molar refractivity (Wildman–Crippen MR) is 71.7 cm³/mol. The van der Waals surface area contributed by atoms with Gasteiger partial charge in [-0.1, -0.05) is 0 Å². The van der Waals surface area contributed by atoms with Crippen LogP contribution >= 0.6 is 11.3 Å². The molecule has 0 aromatic carbocycles. The molecule has 6 heteroatoms. The van der Waals surface area contributed by atoms with Gasteiger partial charge in [0.05, 0.1) is 5.01 Å². The Morgan fingerprint density at radius 3 is 3.00 bits per heavy atom. The molecule has 1 aromatic heterocycles. The van der Waals surface area contributed by atoms with Crippen molar-refractivity contribution in [2.45, 2.75) is 38.3 Å². The molecule has 102 valence electrons. The molecule has 2 aliphatic rings. The zero-order chi connectivity index (χ0) is 13.4. The quantitative estimate of drug-likeness (QED) is 0.826. The minimum absolute atomic E-state index is 0.0984. The van der Waals surface area contributed by atoms with Gasteiger partial charge in [0.15, 0.2) is 0 Å². The van der Waals surface area contributed by atoms with E-state index in [1.54, 1.807) is 27.3 Å². The number of rotatable bonds is 3. The number of nitrogens with zero attached hydrogens (tertiary/aromatic N) is 3. The highest BCUT2D eigenvalue weighted by molar-refractivity contribution is 7.09. The Balaban J connectivity index is 1.72.